The van der Waals surface area contributed by atoms with Gasteiger partial charge >= 0.3 is 29.6 Å². The Balaban J connectivity index is 0.00000702. The number of carbonyl (C=O) groups is 1. The van der Waals surface area contributed by atoms with Crippen LogP contribution in [-0.2, 0) is 10.1 Å². The molecule has 0 fully saturated rings. The predicted octanol–water partition coefficient (Wildman–Crippen LogP) is 1.10. The molecule has 0 aliphatic carbocycles. The fourth-order valence-electron chi connectivity index (χ4n) is 4.33. The van der Waals surface area contributed by atoms with Crippen molar-refractivity contribution in [2.75, 3.05) is 19.8 Å². The zero-order valence-electron chi connectivity index (χ0n) is 26.6. The fraction of sp³-hybridized carbons (Fsp3) is 0.259. The van der Waals surface area contributed by atoms with Gasteiger partial charge in [-0.1, -0.05) is 18.0 Å². The molecule has 0 aliphatic rings. The molecule has 0 unspecified atom stereocenters. The van der Waals surface area contributed by atoms with Crippen LogP contribution < -0.4 is 44.9 Å². The Bertz CT molecular complexity index is 2010. The van der Waals surface area contributed by atoms with Crippen LogP contribution in [0, 0.1) is 20.2 Å². The smallest absolute Gasteiger partial charge is 0.744 e. The summed E-state index contributed by atoms with van der Waals surface area (Å²) in [5.41, 5.74) is 7.06. The maximum absolute atomic E-state index is 12.8. The molecule has 0 aliphatic heterocycles. The molecule has 21 nitrogen and oxygen atoms in total. The van der Waals surface area contributed by atoms with E-state index in [-0.39, 0.29) is 76.4 Å². The Morgan fingerprint density at radius 2 is 1.67 bits per heavy atom. The number of nitrogens with zero attached hydrogens (tertiary/aromatic N) is 9. The Hall–Kier alpha value is -4.87. The van der Waals surface area contributed by atoms with E-state index in [4.69, 9.17) is 10.3 Å². The van der Waals surface area contributed by atoms with Crippen molar-refractivity contribution in [1.82, 2.24) is 30.8 Å². The Morgan fingerprint density at radius 1 is 1.02 bits per heavy atom. The van der Waals surface area contributed by atoms with Crippen LogP contribution in [0.1, 0.15) is 36.0 Å². The molecular weight excluding hydrogens is 725 g/mol. The number of amides is 1. The van der Waals surface area contributed by atoms with E-state index in [0.29, 0.717) is 24.7 Å². The number of tetrazole rings is 1. The molecular formula is C27H26N11NaO10S2. The molecule has 0 saturated carbocycles. The summed E-state index contributed by atoms with van der Waals surface area (Å²) >= 11 is 0.485. The number of hydrogen-bond donors (Lipinski definition) is 3. The first-order valence-electron chi connectivity index (χ1n) is 14.4. The maximum atomic E-state index is 12.8. The van der Waals surface area contributed by atoms with E-state index in [1.165, 1.54) is 30.3 Å². The van der Waals surface area contributed by atoms with Crippen LogP contribution in [0.3, 0.4) is 0 Å². The second kappa shape index (κ2) is 18.9. The number of phenolic OH excluding ortho intramolecular Hbond substituents is 1. The van der Waals surface area contributed by atoms with E-state index in [2.05, 4.69) is 36.2 Å². The van der Waals surface area contributed by atoms with Gasteiger partial charge in [0.15, 0.2) is 16.4 Å². The molecule has 3 aromatic carbocycles. The van der Waals surface area contributed by atoms with Crippen molar-refractivity contribution in [3.63, 3.8) is 0 Å². The summed E-state index contributed by atoms with van der Waals surface area (Å²) in [6.07, 6.45) is 2.85. The summed E-state index contributed by atoms with van der Waals surface area (Å²) in [4.78, 5) is 36.7. The summed E-state index contributed by atoms with van der Waals surface area (Å²) in [6, 6.07) is 10.5. The van der Waals surface area contributed by atoms with Crippen molar-refractivity contribution in [1.29, 1.82) is 0 Å². The third-order valence-corrected chi connectivity index (χ3v) is 8.62. The van der Waals surface area contributed by atoms with Gasteiger partial charge < -0.3 is 19.7 Å². The predicted molar refractivity (Wildman–Crippen MR) is 172 cm³/mol. The number of carbonyl (C=O) groups excluding carboxylic acids is 1. The first-order valence-corrected chi connectivity index (χ1v) is 16.6. The van der Waals surface area contributed by atoms with Gasteiger partial charge in [0.1, 0.15) is 16.8 Å². The van der Waals surface area contributed by atoms with Crippen LogP contribution in [-0.4, -0.2) is 73.9 Å². The molecule has 51 heavy (non-hydrogen) atoms. The minimum Gasteiger partial charge on any atom is -0.744 e. The van der Waals surface area contributed by atoms with Crippen LogP contribution in [0.25, 0.3) is 16.1 Å². The molecule has 4 aromatic rings. The molecule has 0 spiro atoms. The van der Waals surface area contributed by atoms with Gasteiger partial charge in [0, 0.05) is 29.3 Å². The number of aromatic hydroxyl groups is 1. The van der Waals surface area contributed by atoms with E-state index in [1.54, 1.807) is 0 Å². The molecule has 0 bridgehead atoms. The number of benzene rings is 3. The summed E-state index contributed by atoms with van der Waals surface area (Å²) in [7, 11) is -4.73. The van der Waals surface area contributed by atoms with Crippen LogP contribution in [0.5, 0.6) is 11.5 Å². The monoisotopic (exact) mass is 751 g/mol. The normalized spacial score (nSPS) is 10.8. The van der Waals surface area contributed by atoms with Crippen molar-refractivity contribution < 1.29 is 67.0 Å². The SMILES string of the molecule is [N-]=[N+]=Nc1ccc(OCNCCCCCCNC(=O)c2cc([N+](=O)[O-])c(Sc3nnnn3-c3ccc(S(=O)(=O)[O-])cc3)c([N+](=O)[O-])c2)c(O)c1.[Na+]. The van der Waals surface area contributed by atoms with Crippen LogP contribution in [0.4, 0.5) is 17.1 Å². The van der Waals surface area contributed by atoms with Crippen LogP contribution in [0.2, 0.25) is 0 Å². The zero-order chi connectivity index (χ0) is 36.3. The van der Waals surface area contributed by atoms with Crippen molar-refractivity contribution in [3.05, 3.63) is 90.8 Å². The van der Waals surface area contributed by atoms with Crippen molar-refractivity contribution in [2.45, 2.75) is 40.6 Å². The molecule has 0 atom stereocenters. The van der Waals surface area contributed by atoms with Crippen LogP contribution >= 0.6 is 11.8 Å². The number of unbranched alkanes of at least 4 members (excludes halogenated alkanes) is 3. The quantitative estimate of drug-likeness (QED) is 0.0148. The first-order chi connectivity index (χ1) is 23.9. The molecule has 4 rings (SSSR count). The van der Waals surface area contributed by atoms with Crippen molar-refractivity contribution in [2.24, 2.45) is 5.11 Å². The van der Waals surface area contributed by atoms with Gasteiger partial charge in [-0.25, -0.2) is 8.42 Å². The number of phenols is 1. The summed E-state index contributed by atoms with van der Waals surface area (Å²) in [5, 5.41) is 53.8. The van der Waals surface area contributed by atoms with Gasteiger partial charge in [-0.2, -0.15) is 4.68 Å². The molecule has 262 valence electrons. The van der Waals surface area contributed by atoms with Gasteiger partial charge in [0.2, 0.25) is 5.16 Å². The van der Waals surface area contributed by atoms with Gasteiger partial charge in [0.05, 0.1) is 26.0 Å². The number of nitrogens with one attached hydrogen (secondary N) is 2. The van der Waals surface area contributed by atoms with E-state index < -0.39 is 47.0 Å². The fourth-order valence-corrected chi connectivity index (χ4v) is 5.76. The van der Waals surface area contributed by atoms with Gasteiger partial charge in [-0.05, 0) is 89.6 Å². The van der Waals surface area contributed by atoms with Crippen LogP contribution in [0.15, 0.2) is 74.7 Å². The zero-order valence-corrected chi connectivity index (χ0v) is 30.2. The van der Waals surface area contributed by atoms with E-state index in [0.717, 1.165) is 48.2 Å². The van der Waals surface area contributed by atoms with Gasteiger partial charge in [-0.3, -0.25) is 30.3 Å². The minimum absolute atomic E-state index is 0. The average molecular weight is 752 g/mol. The molecule has 0 saturated heterocycles. The molecule has 1 aromatic heterocycles. The molecule has 24 heteroatoms. The number of rotatable bonds is 18. The molecule has 3 N–H and O–H groups in total. The van der Waals surface area contributed by atoms with Gasteiger partial charge in [0.25, 0.3) is 17.3 Å². The summed E-state index contributed by atoms with van der Waals surface area (Å²) < 4.78 is 40.2. The molecule has 1 heterocycles. The Kier molecular flexibility index (Phi) is 15.1. The molecule has 0 radical (unpaired) electrons. The van der Waals surface area contributed by atoms with Gasteiger partial charge in [-0.15, -0.1) is 5.10 Å². The number of azide groups is 1. The average Bonchev–Trinajstić information content (AvgIpc) is 3.54. The number of hydrogen-bond acceptors (Lipinski definition) is 16. The number of nitro benzene ring substituents is 2. The Labute approximate surface area is 314 Å². The Morgan fingerprint density at radius 3 is 2.25 bits per heavy atom. The summed E-state index contributed by atoms with van der Waals surface area (Å²) in [5.74, 6) is -0.694. The largest absolute Gasteiger partial charge is 1.00 e. The summed E-state index contributed by atoms with van der Waals surface area (Å²) in [6.45, 7) is 0.939. The second-order valence-electron chi connectivity index (χ2n) is 10.1. The second-order valence-corrected chi connectivity index (χ2v) is 12.4. The third-order valence-electron chi connectivity index (χ3n) is 6.71. The first kappa shape index (κ1) is 40.6. The maximum Gasteiger partial charge on any atom is 1.00 e. The van der Waals surface area contributed by atoms with E-state index >= 15 is 0 Å². The van der Waals surface area contributed by atoms with Crippen molar-refractivity contribution in [3.8, 4) is 17.2 Å². The number of nitro groups is 2. The number of ether oxygens (including phenoxy) is 1. The number of aromatic nitrogens is 4. The standard InChI is InChI=1S/C27H27N11O10S2.Na/c28-33-31-18-5-10-24(23(39)15-18)48-16-29-11-3-1-2-4-12-30-26(40)17-13-21(37(41)42)25(22(14-17)38(43)44)49-27-32-34-35-36(27)19-6-8-20(9-7-19)50(45,46)47;/h5-10,13-15,29,39H,1-4,11-12,16H2,(H,30,40)(H,45,46,47);/q;+1/p-1. The van der Waals surface area contributed by atoms with Crippen molar-refractivity contribution >= 4 is 44.8 Å². The third kappa shape index (κ3) is 11.3. The topological polar surface area (TPSA) is 306 Å². The minimum atomic E-state index is -4.73. The molecule has 1 amide bonds. The van der Waals surface area contributed by atoms with E-state index in [1.807, 2.05) is 0 Å². The van der Waals surface area contributed by atoms with E-state index in [9.17, 15) is 43.1 Å².